The summed E-state index contributed by atoms with van der Waals surface area (Å²) in [5, 5.41) is 2.80. The molecule has 0 spiro atoms. The summed E-state index contributed by atoms with van der Waals surface area (Å²) in [6.45, 7) is 1.90. The molecule has 0 amide bonds. The minimum atomic E-state index is -0.711. The maximum absolute atomic E-state index is 13.6. The second-order valence-corrected chi connectivity index (χ2v) is 3.94. The molecule has 0 saturated carbocycles. The maximum Gasteiger partial charge on any atom is 0.151 e. The number of nitrogens with one attached hydrogen (secondary N) is 2. The Balaban J connectivity index is 2.28. The minimum absolute atomic E-state index is 0.0570. The quantitative estimate of drug-likeness (QED) is 0.733. The number of halogens is 2. The molecule has 6 heteroatoms. The number of rotatable bonds is 4. The second kappa shape index (κ2) is 5.03. The van der Waals surface area contributed by atoms with Gasteiger partial charge >= 0.3 is 0 Å². The van der Waals surface area contributed by atoms with E-state index in [1.54, 1.807) is 12.4 Å². The number of aromatic nitrogens is 2. The van der Waals surface area contributed by atoms with E-state index in [1.807, 2.05) is 6.92 Å². The maximum atomic E-state index is 13.6. The van der Waals surface area contributed by atoms with Gasteiger partial charge in [0.25, 0.3) is 0 Å². The van der Waals surface area contributed by atoms with Crippen LogP contribution in [0.1, 0.15) is 25.2 Å². The topological polar surface area (TPSA) is 66.7 Å². The molecule has 4 nitrogen and oxygen atoms in total. The normalized spacial score (nSPS) is 12.4. The zero-order valence-corrected chi connectivity index (χ0v) is 9.87. The average Bonchev–Trinajstić information content (AvgIpc) is 2.81. The van der Waals surface area contributed by atoms with E-state index in [0.717, 1.165) is 12.1 Å². The Morgan fingerprint density at radius 1 is 1.39 bits per heavy atom. The molecule has 2 aromatic rings. The number of hydrogen-bond donors (Lipinski definition) is 3. The van der Waals surface area contributed by atoms with Crippen LogP contribution in [0.5, 0.6) is 0 Å². The van der Waals surface area contributed by atoms with Crippen molar-refractivity contribution in [2.45, 2.75) is 19.4 Å². The smallest absolute Gasteiger partial charge is 0.151 e. The van der Waals surface area contributed by atoms with Crippen LogP contribution in [0.15, 0.2) is 24.5 Å². The van der Waals surface area contributed by atoms with Crippen LogP contribution in [-0.2, 0) is 0 Å². The number of aromatic amines is 1. The van der Waals surface area contributed by atoms with Crippen molar-refractivity contribution in [2.24, 2.45) is 0 Å². The highest BCUT2D eigenvalue weighted by molar-refractivity contribution is 5.54. The standard InChI is InChI=1S/C12H14F2N4/c1-2-10(12-16-3-4-17-12)18-11-8(13)5-7(15)6-9(11)14/h3-6,10,18H,2,15H2,1H3,(H,16,17). The van der Waals surface area contributed by atoms with E-state index in [9.17, 15) is 8.78 Å². The molecular formula is C12H14F2N4. The first-order chi connectivity index (χ1) is 8.61. The summed E-state index contributed by atoms with van der Waals surface area (Å²) in [7, 11) is 0. The Kier molecular flexibility index (Phi) is 3.45. The summed E-state index contributed by atoms with van der Waals surface area (Å²) < 4.78 is 27.3. The van der Waals surface area contributed by atoms with Crippen molar-refractivity contribution >= 4 is 11.4 Å². The van der Waals surface area contributed by atoms with Gasteiger partial charge in [-0.15, -0.1) is 0 Å². The third-order valence-electron chi connectivity index (χ3n) is 2.64. The Morgan fingerprint density at radius 2 is 2.06 bits per heavy atom. The number of nitrogens with zero attached hydrogens (tertiary/aromatic N) is 1. The second-order valence-electron chi connectivity index (χ2n) is 3.94. The predicted molar refractivity (Wildman–Crippen MR) is 66.0 cm³/mol. The third kappa shape index (κ3) is 2.42. The molecule has 1 heterocycles. The first-order valence-corrected chi connectivity index (χ1v) is 5.62. The number of H-pyrrole nitrogens is 1. The van der Waals surface area contributed by atoms with Gasteiger partial charge in [0.2, 0.25) is 0 Å². The average molecular weight is 252 g/mol. The highest BCUT2D eigenvalue weighted by Crippen LogP contribution is 2.26. The van der Waals surface area contributed by atoms with Gasteiger partial charge in [0.15, 0.2) is 11.6 Å². The number of hydrogen-bond acceptors (Lipinski definition) is 3. The number of benzene rings is 1. The van der Waals surface area contributed by atoms with E-state index < -0.39 is 11.6 Å². The van der Waals surface area contributed by atoms with E-state index >= 15 is 0 Å². The SMILES string of the molecule is CCC(Nc1c(F)cc(N)cc1F)c1ncc[nH]1. The summed E-state index contributed by atoms with van der Waals surface area (Å²) in [6, 6.07) is 1.88. The van der Waals surface area contributed by atoms with Gasteiger partial charge in [0, 0.05) is 18.1 Å². The largest absolute Gasteiger partial charge is 0.399 e. The highest BCUT2D eigenvalue weighted by Gasteiger charge is 2.17. The number of nitrogen functional groups attached to an aromatic ring is 1. The lowest BCUT2D eigenvalue weighted by Crippen LogP contribution is -2.14. The number of nitrogens with two attached hydrogens (primary N) is 1. The first kappa shape index (κ1) is 12.3. The van der Waals surface area contributed by atoms with Gasteiger partial charge in [0.05, 0.1) is 6.04 Å². The fourth-order valence-electron chi connectivity index (χ4n) is 1.74. The zero-order valence-electron chi connectivity index (χ0n) is 9.87. The summed E-state index contributed by atoms with van der Waals surface area (Å²) >= 11 is 0. The Morgan fingerprint density at radius 3 is 2.56 bits per heavy atom. The summed E-state index contributed by atoms with van der Waals surface area (Å²) in [4.78, 5) is 6.99. The van der Waals surface area contributed by atoms with E-state index in [2.05, 4.69) is 15.3 Å². The predicted octanol–water partition coefficient (Wildman–Crippen LogP) is 2.83. The van der Waals surface area contributed by atoms with Crippen molar-refractivity contribution in [3.05, 3.63) is 42.0 Å². The lowest BCUT2D eigenvalue weighted by Gasteiger charge is -2.17. The molecule has 0 bridgehead atoms. The lowest BCUT2D eigenvalue weighted by atomic mass is 10.2. The Bertz CT molecular complexity index is 502. The summed E-state index contributed by atoms with van der Waals surface area (Å²) in [5.74, 6) is -0.789. The van der Waals surface area contributed by atoms with Crippen molar-refractivity contribution in [3.63, 3.8) is 0 Å². The van der Waals surface area contributed by atoms with Crippen LogP contribution in [0, 0.1) is 11.6 Å². The number of anilines is 2. The van der Waals surface area contributed by atoms with Gasteiger partial charge in [-0.05, 0) is 18.6 Å². The molecule has 1 aromatic carbocycles. The van der Waals surface area contributed by atoms with E-state index in [4.69, 9.17) is 5.73 Å². The molecule has 96 valence electrons. The molecule has 0 aliphatic rings. The van der Waals surface area contributed by atoms with Crippen LogP contribution in [0.3, 0.4) is 0 Å². The van der Waals surface area contributed by atoms with Gasteiger partial charge < -0.3 is 16.0 Å². The van der Waals surface area contributed by atoms with E-state index in [1.165, 1.54) is 0 Å². The molecule has 1 atom stereocenters. The third-order valence-corrected chi connectivity index (χ3v) is 2.64. The number of imidazole rings is 1. The van der Waals surface area contributed by atoms with Crippen molar-refractivity contribution in [1.29, 1.82) is 0 Å². The van der Waals surface area contributed by atoms with Gasteiger partial charge in [-0.2, -0.15) is 0 Å². The zero-order chi connectivity index (χ0) is 13.1. The van der Waals surface area contributed by atoms with Crippen LogP contribution in [0.25, 0.3) is 0 Å². The molecule has 18 heavy (non-hydrogen) atoms. The Labute approximate surface area is 103 Å². The van der Waals surface area contributed by atoms with Gasteiger partial charge in [-0.1, -0.05) is 6.92 Å². The fraction of sp³-hybridized carbons (Fsp3) is 0.250. The molecule has 0 aliphatic heterocycles. The molecule has 4 N–H and O–H groups in total. The van der Waals surface area contributed by atoms with Crippen molar-refractivity contribution in [3.8, 4) is 0 Å². The van der Waals surface area contributed by atoms with Crippen molar-refractivity contribution in [1.82, 2.24) is 9.97 Å². The highest BCUT2D eigenvalue weighted by atomic mass is 19.1. The fourth-order valence-corrected chi connectivity index (χ4v) is 1.74. The monoisotopic (exact) mass is 252 g/mol. The van der Waals surface area contributed by atoms with Crippen LogP contribution in [0.4, 0.5) is 20.2 Å². The molecule has 0 fully saturated rings. The Hall–Kier alpha value is -2.11. The van der Waals surface area contributed by atoms with Crippen molar-refractivity contribution < 1.29 is 8.78 Å². The van der Waals surface area contributed by atoms with Gasteiger partial charge in [-0.3, -0.25) is 0 Å². The molecule has 0 radical (unpaired) electrons. The van der Waals surface area contributed by atoms with Gasteiger partial charge in [0.1, 0.15) is 11.5 Å². The molecule has 2 rings (SSSR count). The van der Waals surface area contributed by atoms with Crippen LogP contribution in [0.2, 0.25) is 0 Å². The van der Waals surface area contributed by atoms with Gasteiger partial charge in [-0.25, -0.2) is 13.8 Å². The summed E-state index contributed by atoms with van der Waals surface area (Å²) in [6.07, 6.45) is 3.89. The summed E-state index contributed by atoms with van der Waals surface area (Å²) in [5.41, 5.74) is 5.23. The lowest BCUT2D eigenvalue weighted by molar-refractivity contribution is 0.579. The molecule has 0 aliphatic carbocycles. The van der Waals surface area contributed by atoms with E-state index in [-0.39, 0.29) is 17.4 Å². The van der Waals surface area contributed by atoms with Crippen LogP contribution < -0.4 is 11.1 Å². The molecular weight excluding hydrogens is 238 g/mol. The van der Waals surface area contributed by atoms with E-state index in [0.29, 0.717) is 12.2 Å². The molecule has 1 aromatic heterocycles. The minimum Gasteiger partial charge on any atom is -0.399 e. The molecule has 0 saturated heterocycles. The van der Waals surface area contributed by atoms with Crippen molar-refractivity contribution in [2.75, 3.05) is 11.1 Å². The molecule has 1 unspecified atom stereocenters. The van der Waals surface area contributed by atoms with Crippen LogP contribution in [-0.4, -0.2) is 9.97 Å². The first-order valence-electron chi connectivity index (χ1n) is 5.62. The van der Waals surface area contributed by atoms with Crippen LogP contribution >= 0.6 is 0 Å².